The van der Waals surface area contributed by atoms with Crippen LogP contribution in [0.25, 0.3) is 0 Å². The number of hydrogen-bond acceptors (Lipinski definition) is 15. The van der Waals surface area contributed by atoms with Gasteiger partial charge in [0.2, 0.25) is 0 Å². The van der Waals surface area contributed by atoms with Gasteiger partial charge in [-0.2, -0.15) is 0 Å². The van der Waals surface area contributed by atoms with Crippen LogP contribution in [0.1, 0.15) is 408 Å². The standard InChI is InChI=1S/C78H152O17P2/c1-7-9-11-13-15-17-19-21-23-24-25-27-29-31-37-44-50-56-62-77(82)94-73(66-88-75(80)60-54-48-42-36-30-28-26-22-20-18-16-14-12-10-8-2)68-92-96(84,85)90-64-72(79)65-91-97(86,87)93-69-74(95-78(83)63-57-51-45-39-33-35-41-47-53-59-71(5)6)67-89-76(81)61-55-49-43-38-32-34-40-46-52-58-70(3)4/h70-74,79H,7-69H2,1-6H3,(H,84,85)(H,86,87)/t72-,73-,74-/m1/s1. The van der Waals surface area contributed by atoms with E-state index in [0.29, 0.717) is 25.7 Å². The van der Waals surface area contributed by atoms with Crippen molar-refractivity contribution in [3.05, 3.63) is 0 Å². The lowest BCUT2D eigenvalue weighted by atomic mass is 10.0. The summed E-state index contributed by atoms with van der Waals surface area (Å²) in [5.74, 6) is -0.632. The average molecular weight is 1420 g/mol. The third-order valence-electron chi connectivity index (χ3n) is 18.2. The second-order valence-corrected chi connectivity index (χ2v) is 32.0. The van der Waals surface area contributed by atoms with E-state index < -0.39 is 97.5 Å². The molecule has 0 spiro atoms. The lowest BCUT2D eigenvalue weighted by Crippen LogP contribution is -2.30. The van der Waals surface area contributed by atoms with Gasteiger partial charge in [0.1, 0.15) is 19.3 Å². The Balaban J connectivity index is 5.25. The highest BCUT2D eigenvalue weighted by atomic mass is 31.2. The number of aliphatic hydroxyl groups is 1. The lowest BCUT2D eigenvalue weighted by Gasteiger charge is -2.21. The van der Waals surface area contributed by atoms with Gasteiger partial charge >= 0.3 is 39.5 Å². The number of unbranched alkanes of at least 4 members (excludes halogenated alkanes) is 47. The molecule has 17 nitrogen and oxygen atoms in total. The maximum Gasteiger partial charge on any atom is 0.472 e. The normalized spacial score (nSPS) is 14.0. The Morgan fingerprint density at radius 2 is 0.474 bits per heavy atom. The largest absolute Gasteiger partial charge is 0.472 e. The summed E-state index contributed by atoms with van der Waals surface area (Å²) in [5, 5.41) is 10.6. The first-order valence-electron chi connectivity index (χ1n) is 40.5. The average Bonchev–Trinajstić information content (AvgIpc) is 1.03. The van der Waals surface area contributed by atoms with Crippen LogP contribution in [0.5, 0.6) is 0 Å². The van der Waals surface area contributed by atoms with E-state index in [0.717, 1.165) is 102 Å². The second-order valence-electron chi connectivity index (χ2n) is 29.1. The van der Waals surface area contributed by atoms with Gasteiger partial charge < -0.3 is 33.8 Å². The molecule has 0 aliphatic heterocycles. The van der Waals surface area contributed by atoms with E-state index in [1.807, 2.05) is 0 Å². The molecule has 0 aliphatic rings. The highest BCUT2D eigenvalue weighted by molar-refractivity contribution is 7.47. The first kappa shape index (κ1) is 95.1. The molecule has 0 aromatic carbocycles. The van der Waals surface area contributed by atoms with Crippen LogP contribution in [0.3, 0.4) is 0 Å². The minimum atomic E-state index is -4.96. The van der Waals surface area contributed by atoms with Gasteiger partial charge in [-0.05, 0) is 37.5 Å². The predicted octanol–water partition coefficient (Wildman–Crippen LogP) is 23.1. The molecule has 0 radical (unpaired) electrons. The molecular formula is C78H152O17P2. The molecule has 0 saturated carbocycles. The molecule has 0 bridgehead atoms. The summed E-state index contributed by atoms with van der Waals surface area (Å²) in [5.41, 5.74) is 0. The van der Waals surface area contributed by atoms with Gasteiger partial charge in [-0.25, -0.2) is 9.13 Å². The quantitative estimate of drug-likeness (QED) is 0.0222. The van der Waals surface area contributed by atoms with Crippen molar-refractivity contribution < 1.29 is 80.2 Å². The van der Waals surface area contributed by atoms with Crippen molar-refractivity contribution in [2.24, 2.45) is 11.8 Å². The van der Waals surface area contributed by atoms with Crippen molar-refractivity contribution in [3.8, 4) is 0 Å². The molecule has 0 heterocycles. The second kappa shape index (κ2) is 69.8. The summed E-state index contributed by atoms with van der Waals surface area (Å²) in [7, 11) is -9.92. The Morgan fingerprint density at radius 3 is 0.701 bits per heavy atom. The minimum Gasteiger partial charge on any atom is -0.462 e. The van der Waals surface area contributed by atoms with Gasteiger partial charge in [-0.3, -0.25) is 37.3 Å². The van der Waals surface area contributed by atoms with Gasteiger partial charge in [0.05, 0.1) is 26.4 Å². The highest BCUT2D eigenvalue weighted by Crippen LogP contribution is 2.45. The molecule has 0 aromatic heterocycles. The van der Waals surface area contributed by atoms with E-state index in [2.05, 4.69) is 41.5 Å². The Morgan fingerprint density at radius 1 is 0.278 bits per heavy atom. The van der Waals surface area contributed by atoms with Crippen molar-refractivity contribution in [1.29, 1.82) is 0 Å². The Hall–Kier alpha value is -1.94. The van der Waals surface area contributed by atoms with Crippen LogP contribution in [0, 0.1) is 11.8 Å². The first-order valence-corrected chi connectivity index (χ1v) is 43.5. The minimum absolute atomic E-state index is 0.105. The van der Waals surface area contributed by atoms with Crippen molar-refractivity contribution in [2.45, 2.75) is 426 Å². The molecular weight excluding hydrogens is 1270 g/mol. The van der Waals surface area contributed by atoms with Crippen LogP contribution in [0.15, 0.2) is 0 Å². The number of esters is 4. The van der Waals surface area contributed by atoms with Crippen LogP contribution < -0.4 is 0 Å². The molecule has 0 rings (SSSR count). The third kappa shape index (κ3) is 72.2. The SMILES string of the molecule is CCCCCCCCCCCCCCCCCCCCC(=O)O[C@H](COC(=O)CCCCCCCCCCCCCCCCC)COP(=O)(O)OC[C@@H](O)COP(=O)(O)OC[C@@H](COC(=O)CCCCCCCCCCCC(C)C)OC(=O)CCCCCCCCCCCC(C)C. The van der Waals surface area contributed by atoms with E-state index in [4.69, 9.17) is 37.0 Å². The van der Waals surface area contributed by atoms with E-state index in [1.54, 1.807) is 0 Å². The number of phosphoric ester groups is 2. The van der Waals surface area contributed by atoms with Crippen molar-refractivity contribution in [2.75, 3.05) is 39.6 Å². The van der Waals surface area contributed by atoms with E-state index in [1.165, 1.54) is 225 Å². The number of rotatable bonds is 77. The van der Waals surface area contributed by atoms with Crippen LogP contribution >= 0.6 is 15.6 Å². The number of carbonyl (C=O) groups excluding carboxylic acids is 4. The van der Waals surface area contributed by atoms with Crippen LogP contribution in [0.4, 0.5) is 0 Å². The van der Waals surface area contributed by atoms with Gasteiger partial charge in [0, 0.05) is 25.7 Å². The zero-order valence-corrected chi connectivity index (χ0v) is 65.2. The topological polar surface area (TPSA) is 237 Å². The number of aliphatic hydroxyl groups excluding tert-OH is 1. The fraction of sp³-hybridized carbons (Fsp3) is 0.949. The summed E-state index contributed by atoms with van der Waals surface area (Å²) in [4.78, 5) is 72.9. The smallest absolute Gasteiger partial charge is 0.462 e. The molecule has 2 unspecified atom stereocenters. The molecule has 0 aliphatic carbocycles. The Bertz CT molecular complexity index is 1870. The van der Waals surface area contributed by atoms with E-state index >= 15 is 0 Å². The number of phosphoric acid groups is 2. The van der Waals surface area contributed by atoms with Crippen LogP contribution in [-0.4, -0.2) is 96.7 Å². The molecule has 3 N–H and O–H groups in total. The predicted molar refractivity (Wildman–Crippen MR) is 395 cm³/mol. The van der Waals surface area contributed by atoms with Crippen LogP contribution in [0.2, 0.25) is 0 Å². The summed E-state index contributed by atoms with van der Waals surface area (Å²) in [6.07, 6.45) is 58.3. The third-order valence-corrected chi connectivity index (χ3v) is 20.1. The molecule has 0 saturated heterocycles. The first-order chi connectivity index (χ1) is 46.9. The molecule has 576 valence electrons. The number of ether oxygens (including phenoxy) is 4. The van der Waals surface area contributed by atoms with Crippen LogP contribution in [-0.2, 0) is 65.4 Å². The van der Waals surface area contributed by atoms with Crippen molar-refractivity contribution in [1.82, 2.24) is 0 Å². The summed E-state index contributed by atoms with van der Waals surface area (Å²) >= 11 is 0. The molecule has 19 heteroatoms. The van der Waals surface area contributed by atoms with Gasteiger partial charge in [-0.1, -0.05) is 356 Å². The van der Waals surface area contributed by atoms with Gasteiger partial charge in [0.25, 0.3) is 0 Å². The maximum absolute atomic E-state index is 13.1. The maximum atomic E-state index is 13.1. The molecule has 97 heavy (non-hydrogen) atoms. The van der Waals surface area contributed by atoms with Gasteiger partial charge in [0.15, 0.2) is 12.2 Å². The molecule has 0 aromatic rings. The van der Waals surface area contributed by atoms with E-state index in [9.17, 15) is 43.2 Å². The monoisotopic (exact) mass is 1420 g/mol. The summed E-state index contributed by atoms with van der Waals surface area (Å²) in [6, 6.07) is 0. The fourth-order valence-electron chi connectivity index (χ4n) is 12.0. The molecule has 0 fully saturated rings. The Labute approximate surface area is 594 Å². The molecule has 5 atom stereocenters. The fourth-order valence-corrected chi connectivity index (χ4v) is 13.6. The van der Waals surface area contributed by atoms with Crippen molar-refractivity contribution >= 4 is 39.5 Å². The van der Waals surface area contributed by atoms with Crippen molar-refractivity contribution in [3.63, 3.8) is 0 Å². The lowest BCUT2D eigenvalue weighted by molar-refractivity contribution is -0.161. The zero-order chi connectivity index (χ0) is 71.4. The van der Waals surface area contributed by atoms with Gasteiger partial charge in [-0.15, -0.1) is 0 Å². The number of carbonyl (C=O) groups is 4. The summed E-state index contributed by atoms with van der Waals surface area (Å²) < 4.78 is 68.6. The number of hydrogen-bond donors (Lipinski definition) is 3. The molecule has 0 amide bonds. The highest BCUT2D eigenvalue weighted by Gasteiger charge is 2.30. The zero-order valence-electron chi connectivity index (χ0n) is 63.4. The van der Waals surface area contributed by atoms with E-state index in [-0.39, 0.29) is 25.7 Å². The Kier molecular flexibility index (Phi) is 68.4. The summed E-state index contributed by atoms with van der Waals surface area (Å²) in [6.45, 7) is 9.57.